The smallest absolute Gasteiger partial charge is 0.137 e. The fraction of sp³-hybridized carbons (Fsp3) is 0.308. The maximum absolute atomic E-state index is 4.35. The van der Waals surface area contributed by atoms with Crippen LogP contribution in [0.25, 0.3) is 11.4 Å². The second kappa shape index (κ2) is 4.30. The topological polar surface area (TPSA) is 28.7 Å². The lowest BCUT2D eigenvalue weighted by molar-refractivity contribution is 1.08. The molecule has 1 aromatic carbocycles. The van der Waals surface area contributed by atoms with Crippen LogP contribution in [-0.4, -0.2) is 9.97 Å². The van der Waals surface area contributed by atoms with E-state index in [0.29, 0.717) is 0 Å². The number of H-pyrrole nitrogens is 1. The molecular formula is C13H16N2. The fourth-order valence-corrected chi connectivity index (χ4v) is 1.95. The first-order chi connectivity index (χ1) is 7.36. The Morgan fingerprint density at radius 3 is 2.27 bits per heavy atom. The number of hydrogen-bond donors (Lipinski definition) is 1. The lowest BCUT2D eigenvalue weighted by atomic mass is 9.97. The molecule has 0 aliphatic carbocycles. The lowest BCUT2D eigenvalue weighted by Crippen LogP contribution is -1.95. The van der Waals surface area contributed by atoms with Crippen molar-refractivity contribution in [3.05, 3.63) is 41.7 Å². The molecule has 1 heterocycles. The van der Waals surface area contributed by atoms with E-state index in [1.165, 1.54) is 16.7 Å². The minimum atomic E-state index is 0.990. The number of nitrogens with one attached hydrogen (secondary N) is 1. The quantitative estimate of drug-likeness (QED) is 0.809. The number of aromatic nitrogens is 2. The summed E-state index contributed by atoms with van der Waals surface area (Å²) in [4.78, 5) is 7.54. The van der Waals surface area contributed by atoms with Crippen LogP contribution >= 0.6 is 0 Å². The van der Waals surface area contributed by atoms with Crippen molar-refractivity contribution < 1.29 is 0 Å². The van der Waals surface area contributed by atoms with Crippen LogP contribution in [0.5, 0.6) is 0 Å². The molecule has 0 amide bonds. The Balaban J connectivity index is 2.61. The largest absolute Gasteiger partial charge is 0.345 e. The summed E-state index contributed by atoms with van der Waals surface area (Å²) < 4.78 is 0. The van der Waals surface area contributed by atoms with Crippen LogP contribution in [0.4, 0.5) is 0 Å². The number of imidazole rings is 1. The predicted molar refractivity (Wildman–Crippen MR) is 62.8 cm³/mol. The average Bonchev–Trinajstić information content (AvgIpc) is 2.81. The summed E-state index contributed by atoms with van der Waals surface area (Å²) in [5, 5.41) is 0. The van der Waals surface area contributed by atoms with Gasteiger partial charge in [0, 0.05) is 18.0 Å². The average molecular weight is 200 g/mol. The maximum atomic E-state index is 4.35. The van der Waals surface area contributed by atoms with Gasteiger partial charge in [0.1, 0.15) is 5.82 Å². The third kappa shape index (κ3) is 1.80. The van der Waals surface area contributed by atoms with Crippen molar-refractivity contribution >= 4 is 0 Å². The number of nitrogens with zero attached hydrogens (tertiary/aromatic N) is 1. The van der Waals surface area contributed by atoms with Crippen molar-refractivity contribution in [1.82, 2.24) is 9.97 Å². The molecule has 2 aromatic rings. The fourth-order valence-electron chi connectivity index (χ4n) is 1.95. The second-order valence-electron chi connectivity index (χ2n) is 3.60. The van der Waals surface area contributed by atoms with Crippen LogP contribution in [0.1, 0.15) is 25.0 Å². The van der Waals surface area contributed by atoms with Crippen LogP contribution in [0.15, 0.2) is 30.6 Å². The number of hydrogen-bond acceptors (Lipinski definition) is 1. The van der Waals surface area contributed by atoms with Crippen molar-refractivity contribution in [2.24, 2.45) is 0 Å². The lowest BCUT2D eigenvalue weighted by Gasteiger charge is -2.10. The number of aryl methyl sites for hydroxylation is 2. The Hall–Kier alpha value is -1.57. The van der Waals surface area contributed by atoms with E-state index in [4.69, 9.17) is 0 Å². The molecule has 0 unspecified atom stereocenters. The zero-order valence-electron chi connectivity index (χ0n) is 9.25. The molecule has 0 atom stereocenters. The molecule has 0 aliphatic rings. The van der Waals surface area contributed by atoms with Gasteiger partial charge in [0.15, 0.2) is 0 Å². The van der Waals surface area contributed by atoms with Gasteiger partial charge in [-0.3, -0.25) is 0 Å². The van der Waals surface area contributed by atoms with Gasteiger partial charge in [0.2, 0.25) is 0 Å². The number of benzene rings is 1. The predicted octanol–water partition coefficient (Wildman–Crippen LogP) is 3.20. The standard InChI is InChI=1S/C13H16N2/c1-3-10-6-5-7-11(4-2)12(10)13-14-8-9-15-13/h5-9H,3-4H2,1-2H3,(H,14,15). The zero-order chi connectivity index (χ0) is 10.7. The van der Waals surface area contributed by atoms with E-state index >= 15 is 0 Å². The third-order valence-electron chi connectivity index (χ3n) is 2.73. The molecule has 2 heteroatoms. The van der Waals surface area contributed by atoms with E-state index in [-0.39, 0.29) is 0 Å². The molecule has 1 aromatic heterocycles. The van der Waals surface area contributed by atoms with Crippen molar-refractivity contribution in [2.45, 2.75) is 26.7 Å². The molecule has 2 nitrogen and oxygen atoms in total. The monoisotopic (exact) mass is 200 g/mol. The Morgan fingerprint density at radius 1 is 1.13 bits per heavy atom. The van der Waals surface area contributed by atoms with Gasteiger partial charge in [-0.1, -0.05) is 32.0 Å². The third-order valence-corrected chi connectivity index (χ3v) is 2.73. The molecule has 78 valence electrons. The van der Waals surface area contributed by atoms with E-state index in [9.17, 15) is 0 Å². The minimum absolute atomic E-state index is 0.990. The summed E-state index contributed by atoms with van der Waals surface area (Å²) in [5.41, 5.74) is 4.01. The highest BCUT2D eigenvalue weighted by Gasteiger charge is 2.09. The van der Waals surface area contributed by atoms with Gasteiger partial charge in [-0.25, -0.2) is 4.98 Å². The Bertz CT molecular complexity index is 408. The Morgan fingerprint density at radius 2 is 1.80 bits per heavy atom. The van der Waals surface area contributed by atoms with Crippen molar-refractivity contribution in [3.8, 4) is 11.4 Å². The van der Waals surface area contributed by atoms with Gasteiger partial charge in [-0.2, -0.15) is 0 Å². The molecular weight excluding hydrogens is 184 g/mol. The molecule has 15 heavy (non-hydrogen) atoms. The van der Waals surface area contributed by atoms with Gasteiger partial charge in [0.25, 0.3) is 0 Å². The zero-order valence-corrected chi connectivity index (χ0v) is 9.25. The molecule has 0 saturated heterocycles. The summed E-state index contributed by atoms with van der Waals surface area (Å²) in [6.45, 7) is 4.36. The summed E-state index contributed by atoms with van der Waals surface area (Å²) in [6, 6.07) is 6.48. The Labute approximate surface area is 90.4 Å². The van der Waals surface area contributed by atoms with Crippen LogP contribution in [0.2, 0.25) is 0 Å². The van der Waals surface area contributed by atoms with Crippen LogP contribution in [0.3, 0.4) is 0 Å². The number of rotatable bonds is 3. The van der Waals surface area contributed by atoms with E-state index in [1.54, 1.807) is 6.20 Å². The first-order valence-electron chi connectivity index (χ1n) is 5.47. The molecule has 0 aliphatic heterocycles. The van der Waals surface area contributed by atoms with Crippen LogP contribution in [0, 0.1) is 0 Å². The summed E-state index contributed by atoms with van der Waals surface area (Å²) in [6.07, 6.45) is 5.77. The summed E-state index contributed by atoms with van der Waals surface area (Å²) >= 11 is 0. The maximum Gasteiger partial charge on any atom is 0.137 e. The van der Waals surface area contributed by atoms with Gasteiger partial charge in [-0.15, -0.1) is 0 Å². The van der Waals surface area contributed by atoms with Crippen molar-refractivity contribution in [3.63, 3.8) is 0 Å². The first kappa shape index (κ1) is 9.97. The molecule has 0 fully saturated rings. The number of aromatic amines is 1. The van der Waals surface area contributed by atoms with Gasteiger partial charge >= 0.3 is 0 Å². The van der Waals surface area contributed by atoms with Crippen molar-refractivity contribution in [2.75, 3.05) is 0 Å². The normalized spacial score (nSPS) is 10.5. The van der Waals surface area contributed by atoms with Gasteiger partial charge in [-0.05, 0) is 24.0 Å². The van der Waals surface area contributed by atoms with Gasteiger partial charge < -0.3 is 4.98 Å². The SMILES string of the molecule is CCc1cccc(CC)c1-c1ncc[nH]1. The molecule has 2 rings (SSSR count). The molecule has 0 spiro atoms. The second-order valence-corrected chi connectivity index (χ2v) is 3.60. The highest BCUT2D eigenvalue weighted by molar-refractivity contribution is 5.65. The van der Waals surface area contributed by atoms with E-state index < -0.39 is 0 Å². The highest BCUT2D eigenvalue weighted by Crippen LogP contribution is 2.25. The summed E-state index contributed by atoms with van der Waals surface area (Å²) in [7, 11) is 0. The van der Waals surface area contributed by atoms with E-state index in [2.05, 4.69) is 42.0 Å². The van der Waals surface area contributed by atoms with Crippen LogP contribution in [-0.2, 0) is 12.8 Å². The molecule has 0 saturated carbocycles. The Kier molecular flexibility index (Phi) is 2.86. The first-order valence-corrected chi connectivity index (χ1v) is 5.47. The minimum Gasteiger partial charge on any atom is -0.345 e. The van der Waals surface area contributed by atoms with Crippen LogP contribution < -0.4 is 0 Å². The van der Waals surface area contributed by atoms with E-state index in [1.807, 2.05) is 6.20 Å². The van der Waals surface area contributed by atoms with E-state index in [0.717, 1.165) is 18.7 Å². The van der Waals surface area contributed by atoms with Gasteiger partial charge in [0.05, 0.1) is 0 Å². The molecule has 0 bridgehead atoms. The molecule has 1 N–H and O–H groups in total. The highest BCUT2D eigenvalue weighted by atomic mass is 14.9. The molecule has 0 radical (unpaired) electrons. The van der Waals surface area contributed by atoms with Crippen molar-refractivity contribution in [1.29, 1.82) is 0 Å². The summed E-state index contributed by atoms with van der Waals surface area (Å²) in [5.74, 6) is 0.990.